The number of amides is 2. The molecular formula is C12H8BrClN2O2S. The SMILES string of the molecule is NC(=O)c1ccc(NC(=O)c2csc(Br)c2)cc1Cl. The Balaban J connectivity index is 2.18. The van der Waals surface area contributed by atoms with Gasteiger partial charge in [-0.2, -0.15) is 0 Å². The molecule has 1 aromatic carbocycles. The summed E-state index contributed by atoms with van der Waals surface area (Å²) in [6.07, 6.45) is 0. The van der Waals surface area contributed by atoms with Gasteiger partial charge >= 0.3 is 0 Å². The number of primary amides is 1. The third kappa shape index (κ3) is 3.34. The van der Waals surface area contributed by atoms with Crippen LogP contribution in [0.4, 0.5) is 5.69 Å². The van der Waals surface area contributed by atoms with Gasteiger partial charge in [0.2, 0.25) is 5.91 Å². The largest absolute Gasteiger partial charge is 0.366 e. The van der Waals surface area contributed by atoms with E-state index >= 15 is 0 Å². The average molecular weight is 360 g/mol. The number of benzene rings is 1. The molecule has 4 nitrogen and oxygen atoms in total. The molecule has 0 aliphatic rings. The van der Waals surface area contributed by atoms with Crippen LogP contribution in [0.1, 0.15) is 20.7 Å². The van der Waals surface area contributed by atoms with Crippen molar-refractivity contribution in [3.8, 4) is 0 Å². The van der Waals surface area contributed by atoms with Crippen LogP contribution in [-0.2, 0) is 0 Å². The monoisotopic (exact) mass is 358 g/mol. The van der Waals surface area contributed by atoms with Gasteiger partial charge in [0, 0.05) is 11.1 Å². The average Bonchev–Trinajstić information content (AvgIpc) is 2.75. The summed E-state index contributed by atoms with van der Waals surface area (Å²) in [5.41, 5.74) is 6.42. The van der Waals surface area contributed by atoms with Crippen LogP contribution in [0.2, 0.25) is 5.02 Å². The first kappa shape index (κ1) is 14.0. The zero-order chi connectivity index (χ0) is 14.0. The van der Waals surface area contributed by atoms with Crippen molar-refractivity contribution in [1.29, 1.82) is 0 Å². The Hall–Kier alpha value is -1.37. The second-order valence-corrected chi connectivity index (χ2v) is 6.35. The number of thiophene rings is 1. The van der Waals surface area contributed by atoms with Crippen LogP contribution < -0.4 is 11.1 Å². The Morgan fingerprint density at radius 3 is 2.58 bits per heavy atom. The van der Waals surface area contributed by atoms with Gasteiger partial charge in [-0.3, -0.25) is 9.59 Å². The number of carbonyl (C=O) groups excluding carboxylic acids is 2. The van der Waals surface area contributed by atoms with E-state index in [1.165, 1.54) is 23.5 Å². The lowest BCUT2D eigenvalue weighted by molar-refractivity contribution is 0.0998. The van der Waals surface area contributed by atoms with E-state index in [-0.39, 0.29) is 16.5 Å². The zero-order valence-corrected chi connectivity index (χ0v) is 12.6. The van der Waals surface area contributed by atoms with Crippen LogP contribution in [0.25, 0.3) is 0 Å². The number of halogens is 2. The van der Waals surface area contributed by atoms with Crippen molar-refractivity contribution in [3.63, 3.8) is 0 Å². The van der Waals surface area contributed by atoms with Crippen molar-refractivity contribution in [3.05, 3.63) is 49.6 Å². The number of anilines is 1. The molecule has 1 heterocycles. The number of hydrogen-bond donors (Lipinski definition) is 2. The molecule has 0 spiro atoms. The Kier molecular flexibility index (Phi) is 4.24. The molecule has 0 bridgehead atoms. The van der Waals surface area contributed by atoms with Crippen molar-refractivity contribution in [2.45, 2.75) is 0 Å². The molecule has 3 N–H and O–H groups in total. The first-order valence-electron chi connectivity index (χ1n) is 5.12. The molecule has 0 radical (unpaired) electrons. The van der Waals surface area contributed by atoms with Gasteiger partial charge in [0.1, 0.15) is 0 Å². The first-order valence-corrected chi connectivity index (χ1v) is 7.17. The molecule has 2 amide bonds. The lowest BCUT2D eigenvalue weighted by Crippen LogP contribution is -2.13. The summed E-state index contributed by atoms with van der Waals surface area (Å²) in [5.74, 6) is -0.852. The molecule has 2 aromatic rings. The van der Waals surface area contributed by atoms with Gasteiger partial charge in [-0.25, -0.2) is 0 Å². The van der Waals surface area contributed by atoms with Gasteiger partial charge in [-0.15, -0.1) is 11.3 Å². The van der Waals surface area contributed by atoms with E-state index in [4.69, 9.17) is 17.3 Å². The highest BCUT2D eigenvalue weighted by atomic mass is 79.9. The number of nitrogens with two attached hydrogens (primary N) is 1. The quantitative estimate of drug-likeness (QED) is 0.880. The maximum absolute atomic E-state index is 11.9. The highest BCUT2D eigenvalue weighted by molar-refractivity contribution is 9.11. The summed E-state index contributed by atoms with van der Waals surface area (Å²) in [4.78, 5) is 22.9. The minimum Gasteiger partial charge on any atom is -0.366 e. The fraction of sp³-hybridized carbons (Fsp3) is 0. The van der Waals surface area contributed by atoms with E-state index in [0.717, 1.165) is 3.79 Å². The molecule has 0 fully saturated rings. The fourth-order valence-corrected chi connectivity index (χ4v) is 2.84. The first-order chi connectivity index (χ1) is 8.97. The van der Waals surface area contributed by atoms with E-state index in [1.54, 1.807) is 17.5 Å². The molecule has 0 saturated carbocycles. The maximum atomic E-state index is 11.9. The fourth-order valence-electron chi connectivity index (χ4n) is 1.43. The van der Waals surface area contributed by atoms with Crippen molar-refractivity contribution in [2.75, 3.05) is 5.32 Å². The van der Waals surface area contributed by atoms with E-state index in [1.807, 2.05) is 0 Å². The van der Waals surface area contributed by atoms with Gasteiger partial charge < -0.3 is 11.1 Å². The molecule has 0 atom stereocenters. The van der Waals surface area contributed by atoms with Gasteiger partial charge in [-0.05, 0) is 40.2 Å². The predicted molar refractivity (Wildman–Crippen MR) is 79.9 cm³/mol. The van der Waals surface area contributed by atoms with Gasteiger partial charge in [-0.1, -0.05) is 11.6 Å². The molecule has 0 unspecified atom stereocenters. The number of rotatable bonds is 3. The summed E-state index contributed by atoms with van der Waals surface area (Å²) >= 11 is 10.6. The molecule has 0 aliphatic heterocycles. The van der Waals surface area contributed by atoms with Crippen molar-refractivity contribution < 1.29 is 9.59 Å². The summed E-state index contributed by atoms with van der Waals surface area (Å²) in [7, 11) is 0. The van der Waals surface area contributed by atoms with E-state index in [9.17, 15) is 9.59 Å². The lowest BCUT2D eigenvalue weighted by Gasteiger charge is -2.06. The lowest BCUT2D eigenvalue weighted by atomic mass is 10.2. The van der Waals surface area contributed by atoms with Crippen molar-refractivity contribution in [2.24, 2.45) is 5.73 Å². The Labute approximate surface area is 126 Å². The van der Waals surface area contributed by atoms with Crippen LogP contribution >= 0.6 is 38.9 Å². The van der Waals surface area contributed by atoms with Gasteiger partial charge in [0.15, 0.2) is 0 Å². The normalized spacial score (nSPS) is 10.2. The molecule has 0 aliphatic carbocycles. The van der Waals surface area contributed by atoms with Gasteiger partial charge in [0.25, 0.3) is 5.91 Å². The topological polar surface area (TPSA) is 72.2 Å². The van der Waals surface area contributed by atoms with Crippen molar-refractivity contribution in [1.82, 2.24) is 0 Å². The van der Waals surface area contributed by atoms with Crippen LogP contribution in [0.15, 0.2) is 33.4 Å². The molecule has 0 saturated heterocycles. The standard InChI is InChI=1S/C12H8BrClN2O2S/c13-10-3-6(5-19-10)12(18)16-7-1-2-8(11(15)17)9(14)4-7/h1-5H,(H2,15,17)(H,16,18). The van der Waals surface area contributed by atoms with E-state index in [0.29, 0.717) is 11.3 Å². The van der Waals surface area contributed by atoms with Crippen LogP contribution in [0, 0.1) is 0 Å². The molecule has 19 heavy (non-hydrogen) atoms. The summed E-state index contributed by atoms with van der Waals surface area (Å²) < 4.78 is 0.875. The zero-order valence-electron chi connectivity index (χ0n) is 9.44. The van der Waals surface area contributed by atoms with E-state index < -0.39 is 5.91 Å². The second kappa shape index (κ2) is 5.73. The highest BCUT2D eigenvalue weighted by Gasteiger charge is 2.11. The molecular weight excluding hydrogens is 352 g/mol. The summed E-state index contributed by atoms with van der Waals surface area (Å²) in [6, 6.07) is 6.26. The maximum Gasteiger partial charge on any atom is 0.256 e. The van der Waals surface area contributed by atoms with Crippen molar-refractivity contribution >= 4 is 56.4 Å². The number of carbonyl (C=O) groups is 2. The minimum absolute atomic E-state index is 0.205. The minimum atomic E-state index is -0.607. The predicted octanol–water partition coefficient (Wildman–Crippen LogP) is 3.52. The number of nitrogens with one attached hydrogen (secondary N) is 1. The van der Waals surface area contributed by atoms with Crippen LogP contribution in [0.5, 0.6) is 0 Å². The smallest absolute Gasteiger partial charge is 0.256 e. The molecule has 98 valence electrons. The summed E-state index contributed by atoms with van der Waals surface area (Å²) in [5, 5.41) is 4.63. The Bertz CT molecular complexity index is 657. The van der Waals surface area contributed by atoms with Crippen LogP contribution in [0.3, 0.4) is 0 Å². The van der Waals surface area contributed by atoms with Crippen LogP contribution in [-0.4, -0.2) is 11.8 Å². The van der Waals surface area contributed by atoms with Gasteiger partial charge in [0.05, 0.1) is 19.9 Å². The highest BCUT2D eigenvalue weighted by Crippen LogP contribution is 2.23. The Morgan fingerprint density at radius 1 is 1.32 bits per heavy atom. The Morgan fingerprint density at radius 2 is 2.05 bits per heavy atom. The third-order valence-corrected chi connectivity index (χ3v) is 4.14. The number of hydrogen-bond acceptors (Lipinski definition) is 3. The molecule has 2 rings (SSSR count). The molecule has 1 aromatic heterocycles. The second-order valence-electron chi connectivity index (χ2n) is 3.65. The molecule has 7 heteroatoms. The van der Waals surface area contributed by atoms with E-state index in [2.05, 4.69) is 21.2 Å². The summed E-state index contributed by atoms with van der Waals surface area (Å²) in [6.45, 7) is 0. The third-order valence-electron chi connectivity index (χ3n) is 2.32.